The van der Waals surface area contributed by atoms with E-state index in [0.717, 1.165) is 6.08 Å². The molecule has 2 N–H and O–H groups in total. The molecule has 1 aromatic rings. The lowest BCUT2D eigenvalue weighted by molar-refractivity contribution is -0.131. The van der Waals surface area contributed by atoms with Gasteiger partial charge in [-0.25, -0.2) is 4.79 Å². The van der Waals surface area contributed by atoms with Gasteiger partial charge in [-0.3, -0.25) is 9.59 Å². The molecular weight excluding hydrogens is 236 g/mol. The lowest BCUT2D eigenvalue weighted by atomic mass is 9.88. The van der Waals surface area contributed by atoms with Gasteiger partial charge in [0.05, 0.1) is 5.57 Å². The highest BCUT2D eigenvalue weighted by molar-refractivity contribution is 6.52. The van der Waals surface area contributed by atoms with Gasteiger partial charge in [-0.1, -0.05) is 24.3 Å². The number of carbonyl (C=O) groups excluding carboxylic acids is 2. The van der Waals surface area contributed by atoms with Gasteiger partial charge in [-0.2, -0.15) is 0 Å². The zero-order chi connectivity index (χ0) is 13.3. The van der Waals surface area contributed by atoms with Gasteiger partial charge in [0.25, 0.3) is 0 Å². The third-order valence-electron chi connectivity index (χ3n) is 2.53. The fourth-order valence-electron chi connectivity index (χ4n) is 1.69. The summed E-state index contributed by atoms with van der Waals surface area (Å²) in [4.78, 5) is 33.8. The monoisotopic (exact) mass is 244 g/mol. The Kier molecular flexibility index (Phi) is 2.81. The first-order valence-electron chi connectivity index (χ1n) is 5.05. The van der Waals surface area contributed by atoms with Crippen molar-refractivity contribution in [1.29, 1.82) is 0 Å². The lowest BCUT2D eigenvalue weighted by Crippen LogP contribution is -2.23. The van der Waals surface area contributed by atoms with Crippen LogP contribution in [0.25, 0.3) is 5.76 Å². The molecule has 0 unspecified atom stereocenters. The average molecular weight is 244 g/mol. The van der Waals surface area contributed by atoms with Crippen molar-refractivity contribution in [2.45, 2.75) is 0 Å². The van der Waals surface area contributed by atoms with Gasteiger partial charge in [-0.15, -0.1) is 0 Å². The number of allylic oxidation sites excluding steroid dienone is 2. The number of aliphatic hydroxyl groups excluding tert-OH is 1. The van der Waals surface area contributed by atoms with Crippen LogP contribution in [0.15, 0.2) is 42.0 Å². The second-order valence-electron chi connectivity index (χ2n) is 3.64. The number of carboxylic acids is 1. The van der Waals surface area contributed by atoms with E-state index in [1.165, 1.54) is 12.1 Å². The topological polar surface area (TPSA) is 91.7 Å². The number of Topliss-reactive ketones (excluding diaryl/α,β-unsaturated/α-hetero) is 2. The fraction of sp³-hybridized carbons (Fsp3) is 0. The van der Waals surface area contributed by atoms with Crippen molar-refractivity contribution >= 4 is 23.3 Å². The van der Waals surface area contributed by atoms with Crippen LogP contribution in [0, 0.1) is 0 Å². The van der Waals surface area contributed by atoms with Crippen LogP contribution in [0.1, 0.15) is 15.9 Å². The molecule has 1 aliphatic carbocycles. The maximum atomic E-state index is 11.7. The van der Waals surface area contributed by atoms with Gasteiger partial charge < -0.3 is 10.2 Å². The summed E-state index contributed by atoms with van der Waals surface area (Å²) in [5.41, 5.74) is 0.0423. The van der Waals surface area contributed by atoms with Gasteiger partial charge in [0.1, 0.15) is 5.76 Å². The Morgan fingerprint density at radius 3 is 2.28 bits per heavy atom. The van der Waals surface area contributed by atoms with E-state index < -0.39 is 17.5 Å². The van der Waals surface area contributed by atoms with E-state index in [1.54, 1.807) is 12.1 Å². The summed E-state index contributed by atoms with van der Waals surface area (Å²) in [6.45, 7) is 0. The smallest absolute Gasteiger partial charge is 0.328 e. The molecule has 0 saturated heterocycles. The Bertz CT molecular complexity index is 622. The van der Waals surface area contributed by atoms with E-state index in [0.29, 0.717) is 6.08 Å². The Morgan fingerprint density at radius 2 is 1.67 bits per heavy atom. The minimum atomic E-state index is -1.27. The molecule has 0 amide bonds. The molecule has 0 aromatic heterocycles. The fourth-order valence-corrected chi connectivity index (χ4v) is 1.69. The molecule has 0 saturated carbocycles. The van der Waals surface area contributed by atoms with Gasteiger partial charge in [0.2, 0.25) is 11.6 Å². The Labute approximate surface area is 102 Å². The minimum absolute atomic E-state index is 0.118. The molecule has 0 atom stereocenters. The molecule has 5 heteroatoms. The zero-order valence-electron chi connectivity index (χ0n) is 9.08. The van der Waals surface area contributed by atoms with Crippen LogP contribution < -0.4 is 0 Å². The van der Waals surface area contributed by atoms with Crippen LogP contribution in [0.3, 0.4) is 0 Å². The normalized spacial score (nSPS) is 15.1. The van der Waals surface area contributed by atoms with Crippen LogP contribution in [-0.4, -0.2) is 27.7 Å². The molecule has 2 rings (SSSR count). The van der Waals surface area contributed by atoms with Crippen LogP contribution in [0.2, 0.25) is 0 Å². The lowest BCUT2D eigenvalue weighted by Gasteiger charge is -2.15. The molecular formula is C13H8O5. The minimum Gasteiger partial charge on any atom is -0.507 e. The van der Waals surface area contributed by atoms with Gasteiger partial charge >= 0.3 is 5.97 Å². The van der Waals surface area contributed by atoms with Crippen molar-refractivity contribution in [2.75, 3.05) is 0 Å². The SMILES string of the molecule is O=C(O)/C=C/C1=C(O)c2ccccc2C(=O)C1=O. The standard InChI is InChI=1S/C13H8O5/c14-10(15)6-5-9-11(16)7-3-1-2-4-8(7)12(17)13(9)18/h1-6,16H,(H,14,15)/b6-5+. The highest BCUT2D eigenvalue weighted by Gasteiger charge is 2.31. The molecule has 90 valence electrons. The molecule has 0 radical (unpaired) electrons. The first-order valence-corrected chi connectivity index (χ1v) is 5.05. The molecule has 0 heterocycles. The molecule has 0 fully saturated rings. The maximum absolute atomic E-state index is 11.7. The number of aliphatic carboxylic acids is 1. The van der Waals surface area contributed by atoms with E-state index in [1.807, 2.05) is 0 Å². The number of hydrogen-bond donors (Lipinski definition) is 2. The molecule has 0 aliphatic heterocycles. The van der Waals surface area contributed by atoms with Crippen LogP contribution in [-0.2, 0) is 9.59 Å². The summed E-state index contributed by atoms with van der Waals surface area (Å²) in [6, 6.07) is 6.11. The maximum Gasteiger partial charge on any atom is 0.328 e. The molecule has 18 heavy (non-hydrogen) atoms. The van der Waals surface area contributed by atoms with E-state index in [2.05, 4.69) is 0 Å². The predicted octanol–water partition coefficient (Wildman–Crippen LogP) is 1.36. The number of aliphatic hydroxyl groups is 1. The summed E-state index contributed by atoms with van der Waals surface area (Å²) in [5, 5.41) is 18.4. The summed E-state index contributed by atoms with van der Waals surface area (Å²) in [7, 11) is 0. The first-order chi connectivity index (χ1) is 8.52. The molecule has 1 aromatic carbocycles. The molecule has 1 aliphatic rings. The Morgan fingerprint density at radius 1 is 1.06 bits per heavy atom. The average Bonchev–Trinajstić information content (AvgIpc) is 2.36. The largest absolute Gasteiger partial charge is 0.507 e. The summed E-state index contributed by atoms with van der Waals surface area (Å²) in [5.74, 6) is -3.32. The number of carbonyl (C=O) groups is 3. The van der Waals surface area contributed by atoms with Crippen molar-refractivity contribution in [3.8, 4) is 0 Å². The van der Waals surface area contributed by atoms with E-state index in [-0.39, 0.29) is 22.5 Å². The third-order valence-corrected chi connectivity index (χ3v) is 2.53. The number of carboxylic acid groups (broad SMARTS) is 1. The van der Waals surface area contributed by atoms with Crippen molar-refractivity contribution in [1.82, 2.24) is 0 Å². The van der Waals surface area contributed by atoms with E-state index in [4.69, 9.17) is 5.11 Å². The van der Waals surface area contributed by atoms with Crippen molar-refractivity contribution < 1.29 is 24.6 Å². The van der Waals surface area contributed by atoms with Gasteiger partial charge in [-0.05, 0) is 6.08 Å². The van der Waals surface area contributed by atoms with Crippen molar-refractivity contribution in [3.63, 3.8) is 0 Å². The van der Waals surface area contributed by atoms with Gasteiger partial charge in [0.15, 0.2) is 0 Å². The highest BCUT2D eigenvalue weighted by atomic mass is 16.4. The quantitative estimate of drug-likeness (QED) is 0.605. The summed E-state index contributed by atoms with van der Waals surface area (Å²) >= 11 is 0. The highest BCUT2D eigenvalue weighted by Crippen LogP contribution is 2.27. The third kappa shape index (κ3) is 1.82. The number of benzene rings is 1. The second-order valence-corrected chi connectivity index (χ2v) is 3.64. The van der Waals surface area contributed by atoms with Crippen LogP contribution >= 0.6 is 0 Å². The Balaban J connectivity index is 2.62. The predicted molar refractivity (Wildman–Crippen MR) is 62.1 cm³/mol. The van der Waals surface area contributed by atoms with Crippen LogP contribution in [0.4, 0.5) is 0 Å². The van der Waals surface area contributed by atoms with E-state index in [9.17, 15) is 19.5 Å². The number of fused-ring (bicyclic) bond motifs is 1. The zero-order valence-corrected chi connectivity index (χ0v) is 9.08. The second kappa shape index (κ2) is 4.29. The van der Waals surface area contributed by atoms with Crippen molar-refractivity contribution in [3.05, 3.63) is 53.1 Å². The van der Waals surface area contributed by atoms with Crippen molar-refractivity contribution in [2.24, 2.45) is 0 Å². The number of ketones is 2. The molecule has 5 nitrogen and oxygen atoms in total. The molecule has 0 spiro atoms. The van der Waals surface area contributed by atoms with Crippen LogP contribution in [0.5, 0.6) is 0 Å². The summed E-state index contributed by atoms with van der Waals surface area (Å²) < 4.78 is 0. The number of hydrogen-bond acceptors (Lipinski definition) is 4. The first kappa shape index (κ1) is 11.8. The van der Waals surface area contributed by atoms with Gasteiger partial charge in [0, 0.05) is 17.2 Å². The summed E-state index contributed by atoms with van der Waals surface area (Å²) in [6.07, 6.45) is 1.62. The molecule has 0 bridgehead atoms. The van der Waals surface area contributed by atoms with E-state index >= 15 is 0 Å². The Hall–Kier alpha value is -2.69. The number of rotatable bonds is 2.